The molecule has 0 bridgehead atoms. The van der Waals surface area contributed by atoms with Crippen molar-refractivity contribution in [1.82, 2.24) is 4.90 Å². The lowest BCUT2D eigenvalue weighted by Gasteiger charge is -2.30. The molecule has 1 heterocycles. The van der Waals surface area contributed by atoms with E-state index >= 15 is 0 Å². The maximum atomic E-state index is 11.7. The van der Waals surface area contributed by atoms with E-state index < -0.39 is 0 Å². The molecule has 1 fully saturated rings. The molecule has 0 saturated carbocycles. The molecule has 1 aliphatic heterocycles. The van der Waals surface area contributed by atoms with Crippen LogP contribution in [0.1, 0.15) is 25.3 Å². The second-order valence-corrected chi connectivity index (χ2v) is 5.49. The minimum atomic E-state index is -0.0282. The Labute approximate surface area is 120 Å². The lowest BCUT2D eigenvalue weighted by Crippen LogP contribution is -2.36. The lowest BCUT2D eigenvalue weighted by molar-refractivity contribution is -0.149. The van der Waals surface area contributed by atoms with Crippen molar-refractivity contribution in [3.05, 3.63) is 29.8 Å². The van der Waals surface area contributed by atoms with Crippen LogP contribution in [0.3, 0.4) is 0 Å². The van der Waals surface area contributed by atoms with Crippen LogP contribution < -0.4 is 0 Å². The number of esters is 1. The summed E-state index contributed by atoms with van der Waals surface area (Å²) in [5, 5.41) is 0. The third kappa shape index (κ3) is 4.25. The highest BCUT2D eigenvalue weighted by Gasteiger charge is 2.25. The van der Waals surface area contributed by atoms with E-state index in [2.05, 4.69) is 29.7 Å². The minimum Gasteiger partial charge on any atom is -0.466 e. The zero-order valence-electron chi connectivity index (χ0n) is 11.3. The maximum Gasteiger partial charge on any atom is 0.309 e. The molecule has 0 unspecified atom stereocenters. The molecule has 0 aromatic heterocycles. The molecule has 1 saturated heterocycles. The highest BCUT2D eigenvalue weighted by atomic mass is 32.1. The quantitative estimate of drug-likeness (QED) is 0.679. The summed E-state index contributed by atoms with van der Waals surface area (Å²) in [4.78, 5) is 15.0. The van der Waals surface area contributed by atoms with E-state index in [1.54, 1.807) is 0 Å². The number of piperidine rings is 1. The van der Waals surface area contributed by atoms with Gasteiger partial charge in [0.2, 0.25) is 0 Å². The summed E-state index contributed by atoms with van der Waals surface area (Å²) in [6.07, 6.45) is 1.80. The molecule has 1 aromatic rings. The summed E-state index contributed by atoms with van der Waals surface area (Å²) in [5.74, 6) is 0.0620. The van der Waals surface area contributed by atoms with Gasteiger partial charge in [0, 0.05) is 11.4 Å². The van der Waals surface area contributed by atoms with E-state index in [4.69, 9.17) is 4.74 Å². The highest BCUT2D eigenvalue weighted by Crippen LogP contribution is 2.21. The number of thiol groups is 1. The van der Waals surface area contributed by atoms with Gasteiger partial charge in [0.25, 0.3) is 0 Å². The maximum absolute atomic E-state index is 11.7. The van der Waals surface area contributed by atoms with Gasteiger partial charge in [-0.25, -0.2) is 0 Å². The molecule has 0 radical (unpaired) electrons. The highest BCUT2D eigenvalue weighted by molar-refractivity contribution is 7.80. The molecule has 1 aliphatic rings. The number of hydrogen-bond acceptors (Lipinski definition) is 4. The van der Waals surface area contributed by atoms with Crippen LogP contribution in [-0.4, -0.2) is 30.6 Å². The van der Waals surface area contributed by atoms with Gasteiger partial charge in [-0.2, -0.15) is 0 Å². The van der Waals surface area contributed by atoms with E-state index in [1.807, 2.05) is 19.1 Å². The average molecular weight is 279 g/mol. The number of benzene rings is 1. The van der Waals surface area contributed by atoms with E-state index in [-0.39, 0.29) is 11.9 Å². The number of nitrogens with zero attached hydrogens (tertiary/aromatic N) is 1. The van der Waals surface area contributed by atoms with Crippen molar-refractivity contribution < 1.29 is 9.53 Å². The molecule has 0 amide bonds. The molecule has 104 valence electrons. The molecule has 0 N–H and O–H groups in total. The number of rotatable bonds is 4. The molecule has 1 aromatic carbocycles. The van der Waals surface area contributed by atoms with E-state index in [0.29, 0.717) is 6.61 Å². The first-order valence-corrected chi connectivity index (χ1v) is 7.30. The van der Waals surface area contributed by atoms with Crippen LogP contribution in [0.25, 0.3) is 0 Å². The third-order valence-corrected chi connectivity index (χ3v) is 3.80. The zero-order valence-corrected chi connectivity index (χ0v) is 12.2. The normalized spacial score (nSPS) is 17.4. The monoisotopic (exact) mass is 279 g/mol. The fraction of sp³-hybridized carbons (Fsp3) is 0.533. The van der Waals surface area contributed by atoms with Crippen molar-refractivity contribution in [3.63, 3.8) is 0 Å². The fourth-order valence-corrected chi connectivity index (χ4v) is 2.75. The molecular formula is C15H21NO2S. The molecule has 0 atom stereocenters. The Kier molecular flexibility index (Phi) is 5.28. The van der Waals surface area contributed by atoms with Crippen molar-refractivity contribution in [3.8, 4) is 0 Å². The first-order valence-electron chi connectivity index (χ1n) is 6.86. The van der Waals surface area contributed by atoms with Gasteiger partial charge in [-0.3, -0.25) is 9.69 Å². The van der Waals surface area contributed by atoms with Gasteiger partial charge in [0.15, 0.2) is 0 Å². The van der Waals surface area contributed by atoms with Gasteiger partial charge < -0.3 is 4.74 Å². The van der Waals surface area contributed by atoms with Gasteiger partial charge >= 0.3 is 5.97 Å². The molecular weight excluding hydrogens is 258 g/mol. The van der Waals surface area contributed by atoms with Crippen LogP contribution in [0, 0.1) is 5.92 Å². The first kappa shape index (κ1) is 14.4. The van der Waals surface area contributed by atoms with Gasteiger partial charge in [-0.1, -0.05) is 12.1 Å². The van der Waals surface area contributed by atoms with Gasteiger partial charge in [-0.15, -0.1) is 12.6 Å². The molecule has 2 rings (SSSR count). The Morgan fingerprint density at radius 2 is 2.16 bits per heavy atom. The van der Waals surface area contributed by atoms with Crippen molar-refractivity contribution in [2.45, 2.75) is 31.2 Å². The number of carbonyl (C=O) groups is 1. The predicted molar refractivity (Wildman–Crippen MR) is 78.3 cm³/mol. The van der Waals surface area contributed by atoms with E-state index in [9.17, 15) is 4.79 Å². The number of likely N-dealkylation sites (tertiary alicyclic amines) is 1. The van der Waals surface area contributed by atoms with Crippen LogP contribution >= 0.6 is 12.6 Å². The van der Waals surface area contributed by atoms with Gasteiger partial charge in [0.05, 0.1) is 12.5 Å². The summed E-state index contributed by atoms with van der Waals surface area (Å²) in [6.45, 7) is 5.19. The van der Waals surface area contributed by atoms with Gasteiger partial charge in [0.1, 0.15) is 0 Å². The van der Waals surface area contributed by atoms with Crippen LogP contribution in [0.4, 0.5) is 0 Å². The Morgan fingerprint density at radius 1 is 1.42 bits per heavy atom. The summed E-state index contributed by atoms with van der Waals surface area (Å²) in [5.41, 5.74) is 1.28. The summed E-state index contributed by atoms with van der Waals surface area (Å²) >= 11 is 4.36. The first-order chi connectivity index (χ1) is 9.19. The second-order valence-electron chi connectivity index (χ2n) is 4.97. The predicted octanol–water partition coefficient (Wildman–Crippen LogP) is 2.75. The van der Waals surface area contributed by atoms with Crippen molar-refractivity contribution in [2.24, 2.45) is 5.92 Å². The van der Waals surface area contributed by atoms with Crippen LogP contribution in [-0.2, 0) is 16.1 Å². The average Bonchev–Trinajstić information content (AvgIpc) is 2.40. The van der Waals surface area contributed by atoms with E-state index in [1.165, 1.54) is 5.56 Å². The summed E-state index contributed by atoms with van der Waals surface area (Å²) in [6, 6.07) is 8.24. The Bertz CT molecular complexity index is 428. The Morgan fingerprint density at radius 3 is 2.79 bits per heavy atom. The minimum absolute atomic E-state index is 0.0282. The Hall–Kier alpha value is -1.00. The van der Waals surface area contributed by atoms with Crippen LogP contribution in [0.15, 0.2) is 29.2 Å². The standard InChI is InChI=1S/C15H21NO2S/c1-2-18-15(17)13-6-8-16(9-7-13)11-12-4-3-5-14(19)10-12/h3-5,10,13,19H,2,6-9,11H2,1H3. The summed E-state index contributed by atoms with van der Waals surface area (Å²) < 4.78 is 5.08. The molecule has 3 nitrogen and oxygen atoms in total. The number of carbonyl (C=O) groups excluding carboxylic acids is 1. The Balaban J connectivity index is 1.82. The van der Waals surface area contributed by atoms with Crippen LogP contribution in [0.2, 0.25) is 0 Å². The van der Waals surface area contributed by atoms with Gasteiger partial charge in [-0.05, 0) is 50.6 Å². The largest absolute Gasteiger partial charge is 0.466 e. The van der Waals surface area contributed by atoms with E-state index in [0.717, 1.165) is 37.4 Å². The van der Waals surface area contributed by atoms with Crippen molar-refractivity contribution in [1.29, 1.82) is 0 Å². The molecule has 0 spiro atoms. The van der Waals surface area contributed by atoms with Crippen molar-refractivity contribution >= 4 is 18.6 Å². The number of hydrogen-bond donors (Lipinski definition) is 1. The lowest BCUT2D eigenvalue weighted by atomic mass is 9.96. The third-order valence-electron chi connectivity index (χ3n) is 3.52. The smallest absolute Gasteiger partial charge is 0.309 e. The molecule has 19 heavy (non-hydrogen) atoms. The fourth-order valence-electron chi connectivity index (χ4n) is 2.50. The topological polar surface area (TPSA) is 29.5 Å². The number of ether oxygens (including phenoxy) is 1. The molecule has 4 heteroatoms. The SMILES string of the molecule is CCOC(=O)C1CCN(Cc2cccc(S)c2)CC1. The van der Waals surface area contributed by atoms with Crippen LogP contribution in [0.5, 0.6) is 0 Å². The second kappa shape index (κ2) is 6.96. The van der Waals surface area contributed by atoms with Crippen molar-refractivity contribution in [2.75, 3.05) is 19.7 Å². The zero-order chi connectivity index (χ0) is 13.7. The molecule has 0 aliphatic carbocycles. The summed E-state index contributed by atoms with van der Waals surface area (Å²) in [7, 11) is 0.